The maximum absolute atomic E-state index is 12.9. The van der Waals surface area contributed by atoms with Crippen LogP contribution < -0.4 is 10.6 Å². The summed E-state index contributed by atoms with van der Waals surface area (Å²) < 4.78 is 43.3. The number of non-ortho nitro benzene ring substituents is 1. The Labute approximate surface area is 151 Å². The van der Waals surface area contributed by atoms with Gasteiger partial charge in [0.2, 0.25) is 0 Å². The molecule has 27 heavy (non-hydrogen) atoms. The SMILES string of the molecule is COC(=O)c1cc([N+](=O)[O-])ccc1NCCNc1ncccc1C(F)(F)F. The molecule has 8 nitrogen and oxygen atoms in total. The van der Waals surface area contributed by atoms with E-state index in [2.05, 4.69) is 20.4 Å². The van der Waals surface area contributed by atoms with Gasteiger partial charge in [-0.3, -0.25) is 10.1 Å². The van der Waals surface area contributed by atoms with Gasteiger partial charge in [-0.2, -0.15) is 13.2 Å². The van der Waals surface area contributed by atoms with Crippen LogP contribution in [0.3, 0.4) is 0 Å². The third-order valence-electron chi connectivity index (χ3n) is 3.47. The molecule has 0 radical (unpaired) electrons. The molecule has 0 saturated heterocycles. The lowest BCUT2D eigenvalue weighted by molar-refractivity contribution is -0.384. The van der Waals surface area contributed by atoms with Crippen LogP contribution in [0.5, 0.6) is 0 Å². The van der Waals surface area contributed by atoms with E-state index >= 15 is 0 Å². The number of carbonyl (C=O) groups excluding carboxylic acids is 1. The van der Waals surface area contributed by atoms with E-state index in [1.54, 1.807) is 0 Å². The largest absolute Gasteiger partial charge is 0.465 e. The third kappa shape index (κ3) is 5.06. The van der Waals surface area contributed by atoms with Crippen LogP contribution in [0.25, 0.3) is 0 Å². The fraction of sp³-hybridized carbons (Fsp3) is 0.250. The summed E-state index contributed by atoms with van der Waals surface area (Å²) in [7, 11) is 1.13. The molecule has 2 N–H and O–H groups in total. The molecule has 144 valence electrons. The highest BCUT2D eigenvalue weighted by Gasteiger charge is 2.33. The summed E-state index contributed by atoms with van der Waals surface area (Å²) >= 11 is 0. The molecule has 0 amide bonds. The number of hydrogen-bond acceptors (Lipinski definition) is 7. The number of ether oxygens (including phenoxy) is 1. The van der Waals surface area contributed by atoms with E-state index < -0.39 is 22.6 Å². The normalized spacial score (nSPS) is 11.0. The average Bonchev–Trinajstić information content (AvgIpc) is 2.64. The number of nitrogens with zero attached hydrogens (tertiary/aromatic N) is 2. The van der Waals surface area contributed by atoms with Crippen molar-refractivity contribution in [2.45, 2.75) is 6.18 Å². The Hall–Kier alpha value is -3.37. The van der Waals surface area contributed by atoms with E-state index in [0.717, 1.165) is 19.2 Å². The van der Waals surface area contributed by atoms with Gasteiger partial charge in [0.15, 0.2) is 0 Å². The van der Waals surface area contributed by atoms with Crippen molar-refractivity contribution >= 4 is 23.2 Å². The number of halogens is 3. The minimum absolute atomic E-state index is 0.0533. The smallest absolute Gasteiger partial charge is 0.419 e. The summed E-state index contributed by atoms with van der Waals surface area (Å²) in [6.45, 7) is 0.174. The molecule has 0 aliphatic heterocycles. The number of anilines is 2. The lowest BCUT2D eigenvalue weighted by Crippen LogP contribution is -2.19. The van der Waals surface area contributed by atoms with Crippen LogP contribution in [0.15, 0.2) is 36.5 Å². The molecule has 0 saturated carbocycles. The predicted octanol–water partition coefficient (Wildman–Crippen LogP) is 3.32. The Kier molecular flexibility index (Phi) is 6.16. The zero-order valence-electron chi connectivity index (χ0n) is 14.0. The van der Waals surface area contributed by atoms with Crippen LogP contribution in [0, 0.1) is 10.1 Å². The van der Waals surface area contributed by atoms with Gasteiger partial charge in [0.05, 0.1) is 23.2 Å². The Morgan fingerprint density at radius 2 is 1.96 bits per heavy atom. The number of carbonyl (C=O) groups is 1. The van der Waals surface area contributed by atoms with Crippen LogP contribution in [0.4, 0.5) is 30.4 Å². The zero-order chi connectivity index (χ0) is 20.0. The summed E-state index contributed by atoms with van der Waals surface area (Å²) in [6.07, 6.45) is -3.31. The average molecular weight is 384 g/mol. The topological polar surface area (TPSA) is 106 Å². The standard InChI is InChI=1S/C16H15F3N4O4/c1-27-15(24)11-9-10(23(25)26)4-5-13(11)20-7-8-22-14-12(16(17,18)19)3-2-6-21-14/h2-6,9,20H,7-8H2,1H3,(H,21,22). The first kappa shape index (κ1) is 19.9. The van der Waals surface area contributed by atoms with E-state index in [-0.39, 0.29) is 35.8 Å². The van der Waals surface area contributed by atoms with Crippen LogP contribution in [-0.2, 0) is 10.9 Å². The Morgan fingerprint density at radius 1 is 1.26 bits per heavy atom. The predicted molar refractivity (Wildman–Crippen MR) is 90.7 cm³/mol. The highest BCUT2D eigenvalue weighted by atomic mass is 19.4. The Bertz CT molecular complexity index is 843. The first-order valence-electron chi connectivity index (χ1n) is 7.60. The quantitative estimate of drug-likeness (QED) is 0.326. The highest BCUT2D eigenvalue weighted by molar-refractivity contribution is 5.96. The summed E-state index contributed by atoms with van der Waals surface area (Å²) in [4.78, 5) is 25.6. The van der Waals surface area contributed by atoms with Crippen LogP contribution in [-0.4, -0.2) is 36.1 Å². The number of esters is 1. The molecule has 1 aromatic heterocycles. The van der Waals surface area contributed by atoms with Crippen LogP contribution in [0.2, 0.25) is 0 Å². The number of rotatable bonds is 7. The van der Waals surface area contributed by atoms with E-state index in [1.807, 2.05) is 0 Å². The molecule has 11 heteroatoms. The summed E-state index contributed by atoms with van der Waals surface area (Å²) in [6, 6.07) is 5.68. The number of nitrogens with one attached hydrogen (secondary N) is 2. The Morgan fingerprint density at radius 3 is 2.59 bits per heavy atom. The number of nitro groups is 1. The van der Waals surface area contributed by atoms with Crippen molar-refractivity contribution < 1.29 is 27.6 Å². The van der Waals surface area contributed by atoms with E-state index in [4.69, 9.17) is 0 Å². The molecule has 0 spiro atoms. The highest BCUT2D eigenvalue weighted by Crippen LogP contribution is 2.33. The van der Waals surface area contributed by atoms with Gasteiger partial charge in [0.1, 0.15) is 5.82 Å². The molecule has 2 aromatic rings. The summed E-state index contributed by atoms with van der Waals surface area (Å²) in [5.74, 6) is -1.10. The van der Waals surface area contributed by atoms with Gasteiger partial charge in [-0.05, 0) is 18.2 Å². The maximum atomic E-state index is 12.9. The second kappa shape index (κ2) is 8.34. The van der Waals surface area contributed by atoms with Gasteiger partial charge in [0.25, 0.3) is 5.69 Å². The molecule has 0 aliphatic rings. The van der Waals surface area contributed by atoms with E-state index in [1.165, 1.54) is 24.4 Å². The first-order chi connectivity index (χ1) is 12.7. The number of hydrogen-bond donors (Lipinski definition) is 2. The number of alkyl halides is 3. The van der Waals surface area contributed by atoms with Crippen molar-refractivity contribution in [2.24, 2.45) is 0 Å². The van der Waals surface area contributed by atoms with Gasteiger partial charge < -0.3 is 15.4 Å². The molecule has 0 aliphatic carbocycles. The van der Waals surface area contributed by atoms with Crippen molar-refractivity contribution in [3.63, 3.8) is 0 Å². The zero-order valence-corrected chi connectivity index (χ0v) is 14.0. The van der Waals surface area contributed by atoms with Crippen molar-refractivity contribution in [3.05, 3.63) is 57.8 Å². The lowest BCUT2D eigenvalue weighted by atomic mass is 10.1. The van der Waals surface area contributed by atoms with Crippen LogP contribution >= 0.6 is 0 Å². The summed E-state index contributed by atoms with van der Waals surface area (Å²) in [5, 5.41) is 16.2. The lowest BCUT2D eigenvalue weighted by Gasteiger charge is -2.14. The van der Waals surface area contributed by atoms with Crippen molar-refractivity contribution in [1.29, 1.82) is 0 Å². The molecule has 1 aromatic carbocycles. The molecular weight excluding hydrogens is 369 g/mol. The fourth-order valence-corrected chi connectivity index (χ4v) is 2.23. The molecule has 2 rings (SSSR count). The fourth-order valence-electron chi connectivity index (χ4n) is 2.23. The molecule has 0 atom stereocenters. The van der Waals surface area contributed by atoms with E-state index in [0.29, 0.717) is 0 Å². The van der Waals surface area contributed by atoms with Gasteiger partial charge in [-0.15, -0.1) is 0 Å². The van der Waals surface area contributed by atoms with Gasteiger partial charge in [0, 0.05) is 37.1 Å². The number of benzene rings is 1. The maximum Gasteiger partial charge on any atom is 0.419 e. The summed E-state index contributed by atoms with van der Waals surface area (Å²) in [5.41, 5.74) is -0.982. The Balaban J connectivity index is 2.06. The van der Waals surface area contributed by atoms with Gasteiger partial charge in [-0.1, -0.05) is 0 Å². The van der Waals surface area contributed by atoms with E-state index in [9.17, 15) is 28.1 Å². The molecular formula is C16H15F3N4O4. The first-order valence-corrected chi connectivity index (χ1v) is 7.60. The second-order valence-corrected chi connectivity index (χ2v) is 5.23. The molecule has 0 bridgehead atoms. The van der Waals surface area contributed by atoms with Crippen molar-refractivity contribution in [2.75, 3.05) is 30.8 Å². The number of pyridine rings is 1. The number of aromatic nitrogens is 1. The molecule has 0 unspecified atom stereocenters. The van der Waals surface area contributed by atoms with Crippen molar-refractivity contribution in [3.8, 4) is 0 Å². The minimum atomic E-state index is -4.54. The number of nitro benzene ring substituents is 1. The minimum Gasteiger partial charge on any atom is -0.465 e. The van der Waals surface area contributed by atoms with Gasteiger partial charge >= 0.3 is 12.1 Å². The van der Waals surface area contributed by atoms with Gasteiger partial charge in [-0.25, -0.2) is 9.78 Å². The molecule has 0 fully saturated rings. The van der Waals surface area contributed by atoms with Crippen molar-refractivity contribution in [1.82, 2.24) is 4.98 Å². The third-order valence-corrected chi connectivity index (χ3v) is 3.47. The number of methoxy groups -OCH3 is 1. The second-order valence-electron chi connectivity index (χ2n) is 5.23. The monoisotopic (exact) mass is 384 g/mol. The molecule has 1 heterocycles. The van der Waals surface area contributed by atoms with Crippen LogP contribution in [0.1, 0.15) is 15.9 Å².